The average molecular weight is 508 g/mol. The van der Waals surface area contributed by atoms with Crippen molar-refractivity contribution in [3.05, 3.63) is 137 Å². The summed E-state index contributed by atoms with van der Waals surface area (Å²) in [4.78, 5) is 14.3. The molecule has 0 aromatic heterocycles. The molecule has 1 amide bonds. The van der Waals surface area contributed by atoms with E-state index in [1.807, 2.05) is 81.4 Å². The van der Waals surface area contributed by atoms with Crippen LogP contribution >= 0.6 is 0 Å². The highest BCUT2D eigenvalue weighted by molar-refractivity contribution is 7.89. The summed E-state index contributed by atoms with van der Waals surface area (Å²) >= 11 is 0. The van der Waals surface area contributed by atoms with E-state index in [0.29, 0.717) is 11.1 Å². The fourth-order valence-corrected chi connectivity index (χ4v) is 6.52. The summed E-state index contributed by atoms with van der Waals surface area (Å²) in [6.07, 6.45) is 0. The highest BCUT2D eigenvalue weighted by Gasteiger charge is 2.41. The Bertz CT molecular complexity index is 1570. The highest BCUT2D eigenvalue weighted by Crippen LogP contribution is 2.44. The molecule has 0 fully saturated rings. The first-order valence-corrected chi connectivity index (χ1v) is 13.8. The first-order valence-electron chi connectivity index (χ1n) is 12.3. The highest BCUT2D eigenvalue weighted by atomic mass is 32.2. The molecule has 1 unspecified atom stereocenters. The molecule has 0 saturated heterocycles. The van der Waals surface area contributed by atoms with Crippen LogP contribution in [0.15, 0.2) is 108 Å². The van der Waals surface area contributed by atoms with Crippen LogP contribution in [0.3, 0.4) is 0 Å². The largest absolute Gasteiger partial charge is 0.268 e. The van der Waals surface area contributed by atoms with Gasteiger partial charge in [0.2, 0.25) is 0 Å². The number of hydrogen-bond acceptors (Lipinski definition) is 3. The predicted octanol–water partition coefficient (Wildman–Crippen LogP) is 6.54. The first-order chi connectivity index (χ1) is 17.8. The lowest BCUT2D eigenvalue weighted by atomic mass is 9.78. The lowest BCUT2D eigenvalue weighted by Crippen LogP contribution is -2.44. The summed E-state index contributed by atoms with van der Waals surface area (Å²) in [6.45, 7) is 6.00. The van der Waals surface area contributed by atoms with Crippen LogP contribution in [0.2, 0.25) is 0 Å². The van der Waals surface area contributed by atoms with Crippen LogP contribution in [-0.4, -0.2) is 25.2 Å². The Morgan fingerprint density at radius 2 is 1.22 bits per heavy atom. The molecule has 0 aliphatic carbocycles. The Hall–Kier alpha value is -3.96. The van der Waals surface area contributed by atoms with Crippen LogP contribution in [0.4, 0.5) is 0 Å². The molecule has 4 aromatic carbocycles. The third-order valence-electron chi connectivity index (χ3n) is 6.81. The summed E-state index contributed by atoms with van der Waals surface area (Å²) in [7, 11) is -4.09. The van der Waals surface area contributed by atoms with E-state index in [1.165, 1.54) is 0 Å². The number of carbonyl (C=O) groups is 1. The van der Waals surface area contributed by atoms with Gasteiger partial charge in [-0.2, -0.15) is 0 Å². The van der Waals surface area contributed by atoms with Crippen LogP contribution < -0.4 is 0 Å². The van der Waals surface area contributed by atoms with Crippen molar-refractivity contribution in [2.45, 2.75) is 31.6 Å². The molecule has 4 aromatic rings. The minimum atomic E-state index is -4.09. The number of sulfonamides is 1. The molecule has 5 heteroatoms. The number of rotatable bonds is 5. The molecular formula is C32H29NO3S. The van der Waals surface area contributed by atoms with Gasteiger partial charge in [0, 0.05) is 12.5 Å². The van der Waals surface area contributed by atoms with Crippen LogP contribution in [0.25, 0.3) is 11.1 Å². The lowest BCUT2D eigenvalue weighted by molar-refractivity contribution is -0.121. The van der Waals surface area contributed by atoms with Crippen molar-refractivity contribution in [2.75, 3.05) is 6.54 Å². The van der Waals surface area contributed by atoms with Crippen LogP contribution in [0.5, 0.6) is 0 Å². The van der Waals surface area contributed by atoms with E-state index in [1.54, 1.807) is 24.3 Å². The maximum absolute atomic E-state index is 14.2. The van der Waals surface area contributed by atoms with E-state index in [0.717, 1.165) is 37.7 Å². The fraction of sp³-hybridized carbons (Fsp3) is 0.156. The maximum Gasteiger partial charge on any atom is 0.268 e. The normalized spacial score (nSPS) is 16.2. The Labute approximate surface area is 219 Å². The molecule has 0 radical (unpaired) electrons. The van der Waals surface area contributed by atoms with Crippen LogP contribution in [0, 0.1) is 20.8 Å². The maximum atomic E-state index is 14.2. The van der Waals surface area contributed by atoms with Crippen molar-refractivity contribution in [1.29, 1.82) is 0 Å². The van der Waals surface area contributed by atoms with E-state index in [4.69, 9.17) is 0 Å². The van der Waals surface area contributed by atoms with Gasteiger partial charge in [-0.25, -0.2) is 12.7 Å². The summed E-state index contributed by atoms with van der Waals surface area (Å²) in [6, 6.07) is 32.1. The van der Waals surface area contributed by atoms with E-state index < -0.39 is 15.9 Å². The molecule has 37 heavy (non-hydrogen) atoms. The van der Waals surface area contributed by atoms with Crippen molar-refractivity contribution in [1.82, 2.24) is 4.31 Å². The van der Waals surface area contributed by atoms with Gasteiger partial charge >= 0.3 is 0 Å². The lowest BCUT2D eigenvalue weighted by Gasteiger charge is -2.36. The number of aryl methyl sites for hydroxylation is 3. The van der Waals surface area contributed by atoms with Gasteiger partial charge < -0.3 is 0 Å². The van der Waals surface area contributed by atoms with Gasteiger partial charge in [-0.05, 0) is 55.2 Å². The van der Waals surface area contributed by atoms with E-state index in [2.05, 4.69) is 18.2 Å². The van der Waals surface area contributed by atoms with Crippen molar-refractivity contribution in [3.63, 3.8) is 0 Å². The third kappa shape index (κ3) is 4.75. The molecule has 1 aliphatic heterocycles. The van der Waals surface area contributed by atoms with Gasteiger partial charge in [-0.3, -0.25) is 4.79 Å². The van der Waals surface area contributed by atoms with Crippen molar-refractivity contribution in [2.24, 2.45) is 0 Å². The average Bonchev–Trinajstić information content (AvgIpc) is 2.89. The SMILES string of the molecule is Cc1ccc(S(=O)(=O)N2CC(c3cc(C)cc(C)c3)C(c3ccccc3)=C(c3ccccc3)C2=O)cc1. The van der Waals surface area contributed by atoms with Crippen molar-refractivity contribution < 1.29 is 13.2 Å². The molecule has 1 heterocycles. The second-order valence-corrected chi connectivity index (χ2v) is 11.5. The number of carbonyl (C=O) groups excluding carboxylic acids is 1. The molecule has 1 atom stereocenters. The van der Waals surface area contributed by atoms with Gasteiger partial charge in [0.1, 0.15) is 0 Å². The minimum absolute atomic E-state index is 0.0263. The number of nitrogens with zero attached hydrogens (tertiary/aromatic N) is 1. The second-order valence-electron chi connectivity index (χ2n) is 9.65. The zero-order valence-corrected chi connectivity index (χ0v) is 22.0. The zero-order chi connectivity index (χ0) is 26.2. The quantitative estimate of drug-likeness (QED) is 0.308. The Kier molecular flexibility index (Phi) is 6.57. The summed E-state index contributed by atoms with van der Waals surface area (Å²) in [5.74, 6) is -0.847. The topological polar surface area (TPSA) is 54.5 Å². The molecule has 0 N–H and O–H groups in total. The van der Waals surface area contributed by atoms with Gasteiger partial charge in [0.05, 0.1) is 10.5 Å². The van der Waals surface area contributed by atoms with Gasteiger partial charge in [-0.1, -0.05) is 108 Å². The zero-order valence-electron chi connectivity index (χ0n) is 21.2. The molecule has 0 bridgehead atoms. The van der Waals surface area contributed by atoms with Gasteiger partial charge in [0.25, 0.3) is 15.9 Å². The van der Waals surface area contributed by atoms with Gasteiger partial charge in [0.15, 0.2) is 0 Å². The summed E-state index contributed by atoms with van der Waals surface area (Å²) < 4.78 is 28.9. The summed E-state index contributed by atoms with van der Waals surface area (Å²) in [5, 5.41) is 0. The third-order valence-corrected chi connectivity index (χ3v) is 8.57. The van der Waals surface area contributed by atoms with E-state index in [9.17, 15) is 13.2 Å². The molecule has 5 rings (SSSR count). The number of amides is 1. The number of benzene rings is 4. The molecule has 186 valence electrons. The Morgan fingerprint density at radius 3 is 1.78 bits per heavy atom. The fourth-order valence-electron chi connectivity index (χ4n) is 5.13. The molecular weight excluding hydrogens is 478 g/mol. The van der Waals surface area contributed by atoms with Crippen molar-refractivity contribution in [3.8, 4) is 0 Å². The smallest absolute Gasteiger partial charge is 0.268 e. The molecule has 1 aliphatic rings. The van der Waals surface area contributed by atoms with Crippen LogP contribution in [-0.2, 0) is 14.8 Å². The Balaban J connectivity index is 1.80. The Morgan fingerprint density at radius 1 is 0.676 bits per heavy atom. The molecule has 0 spiro atoms. The van der Waals surface area contributed by atoms with Gasteiger partial charge in [-0.15, -0.1) is 0 Å². The minimum Gasteiger partial charge on any atom is -0.268 e. The standard InChI is InChI=1S/C32H29NO3S/c1-22-14-16-28(17-15-22)37(35,36)33-21-29(27-19-23(2)18-24(3)20-27)30(25-10-6-4-7-11-25)31(32(33)34)26-12-8-5-9-13-26/h4-20,29H,21H2,1-3H3. The molecule has 4 nitrogen and oxygen atoms in total. The van der Waals surface area contributed by atoms with E-state index >= 15 is 0 Å². The number of hydrogen-bond donors (Lipinski definition) is 0. The van der Waals surface area contributed by atoms with E-state index in [-0.39, 0.29) is 17.4 Å². The monoisotopic (exact) mass is 507 g/mol. The van der Waals surface area contributed by atoms with Crippen LogP contribution in [0.1, 0.15) is 39.3 Å². The molecule has 0 saturated carbocycles. The summed E-state index contributed by atoms with van der Waals surface area (Å²) in [5.41, 5.74) is 6.99. The second kappa shape index (κ2) is 9.83. The predicted molar refractivity (Wildman–Crippen MR) is 148 cm³/mol. The first kappa shape index (κ1) is 24.7. The van der Waals surface area contributed by atoms with Crippen molar-refractivity contribution >= 4 is 27.1 Å².